The van der Waals surface area contributed by atoms with Crippen molar-refractivity contribution in [2.75, 3.05) is 5.32 Å². The van der Waals surface area contributed by atoms with E-state index in [1.807, 2.05) is 12.1 Å². The van der Waals surface area contributed by atoms with Gasteiger partial charge < -0.3 is 5.32 Å². The maximum Gasteiger partial charge on any atom is 0.216 e. The van der Waals surface area contributed by atoms with Crippen LogP contribution in [-0.4, -0.2) is 20.6 Å². The molecular weight excluding hydrogens is 301 g/mol. The number of hydrogen-bond donors (Lipinski definition) is 2. The molecular formula is C11H5Cl2N7. The zero-order valence-corrected chi connectivity index (χ0v) is 11.2. The summed E-state index contributed by atoms with van der Waals surface area (Å²) in [6.07, 6.45) is 1.35. The lowest BCUT2D eigenvalue weighted by Gasteiger charge is -2.06. The first-order valence-electron chi connectivity index (χ1n) is 5.15. The van der Waals surface area contributed by atoms with E-state index >= 15 is 0 Å². The molecule has 20 heavy (non-hydrogen) atoms. The summed E-state index contributed by atoms with van der Waals surface area (Å²) < 4.78 is 0. The number of nitrogens with zero attached hydrogens (tertiary/aromatic N) is 5. The molecule has 2 aromatic rings. The third-order valence-corrected chi connectivity index (χ3v) is 2.98. The number of aromatic amines is 1. The lowest BCUT2D eigenvalue weighted by Crippen LogP contribution is -1.95. The Balaban J connectivity index is 2.34. The summed E-state index contributed by atoms with van der Waals surface area (Å²) in [6.45, 7) is 0. The van der Waals surface area contributed by atoms with Crippen LogP contribution < -0.4 is 5.32 Å². The van der Waals surface area contributed by atoms with Crippen LogP contribution in [0.4, 0.5) is 5.69 Å². The van der Waals surface area contributed by atoms with Crippen LogP contribution >= 0.6 is 23.2 Å². The molecule has 0 bridgehead atoms. The highest BCUT2D eigenvalue weighted by molar-refractivity contribution is 6.42. The number of nitriles is 2. The Hall–Kier alpha value is -2.61. The van der Waals surface area contributed by atoms with Crippen LogP contribution in [-0.2, 0) is 0 Å². The van der Waals surface area contributed by atoms with Gasteiger partial charge >= 0.3 is 0 Å². The van der Waals surface area contributed by atoms with Crippen LogP contribution in [0.3, 0.4) is 0 Å². The Kier molecular flexibility index (Phi) is 4.16. The smallest absolute Gasteiger partial charge is 0.216 e. The Morgan fingerprint density at radius 2 is 2.05 bits per heavy atom. The number of benzene rings is 1. The van der Waals surface area contributed by atoms with Crippen molar-refractivity contribution in [2.45, 2.75) is 0 Å². The predicted molar refractivity (Wildman–Crippen MR) is 72.6 cm³/mol. The van der Waals surface area contributed by atoms with Crippen molar-refractivity contribution in [2.24, 2.45) is 0 Å². The van der Waals surface area contributed by atoms with Gasteiger partial charge in [-0.25, -0.2) is 0 Å². The number of H-pyrrole nitrogens is 1. The lowest BCUT2D eigenvalue weighted by molar-refractivity contribution is 0.881. The second-order valence-electron chi connectivity index (χ2n) is 3.47. The van der Waals surface area contributed by atoms with E-state index in [0.29, 0.717) is 16.3 Å². The summed E-state index contributed by atoms with van der Waals surface area (Å²) in [5, 5.41) is 34.4. The molecule has 0 atom stereocenters. The van der Waals surface area contributed by atoms with Gasteiger partial charge in [-0.2, -0.15) is 15.7 Å². The molecule has 0 amide bonds. The monoisotopic (exact) mass is 305 g/mol. The van der Waals surface area contributed by atoms with Gasteiger partial charge in [0.25, 0.3) is 0 Å². The van der Waals surface area contributed by atoms with Crippen molar-refractivity contribution in [1.29, 1.82) is 10.5 Å². The SMILES string of the molecule is N#CC(=CNc1cc(Cl)c(Cl)cc1C#N)c1nn[nH]n1. The molecule has 0 saturated heterocycles. The van der Waals surface area contributed by atoms with Crippen molar-refractivity contribution < 1.29 is 0 Å². The van der Waals surface area contributed by atoms with E-state index in [1.54, 1.807) is 0 Å². The van der Waals surface area contributed by atoms with Gasteiger partial charge in [-0.15, -0.1) is 10.2 Å². The van der Waals surface area contributed by atoms with Crippen LogP contribution in [0.5, 0.6) is 0 Å². The number of hydrogen-bond acceptors (Lipinski definition) is 6. The molecule has 0 fully saturated rings. The summed E-state index contributed by atoms with van der Waals surface area (Å²) in [6, 6.07) is 6.80. The van der Waals surface area contributed by atoms with Crippen molar-refractivity contribution in [1.82, 2.24) is 20.6 Å². The molecule has 0 saturated carbocycles. The fourth-order valence-electron chi connectivity index (χ4n) is 1.33. The lowest BCUT2D eigenvalue weighted by atomic mass is 10.2. The summed E-state index contributed by atoms with van der Waals surface area (Å²) in [5.41, 5.74) is 0.855. The van der Waals surface area contributed by atoms with Crippen LogP contribution in [0.2, 0.25) is 10.0 Å². The first kappa shape index (κ1) is 13.8. The van der Waals surface area contributed by atoms with E-state index < -0.39 is 0 Å². The normalized spacial score (nSPS) is 10.7. The Labute approximate surface area is 123 Å². The third kappa shape index (κ3) is 2.86. The van der Waals surface area contributed by atoms with Crippen molar-refractivity contribution in [3.05, 3.63) is 39.8 Å². The first-order valence-corrected chi connectivity index (χ1v) is 5.91. The first-order chi connectivity index (χ1) is 9.65. The molecule has 0 radical (unpaired) electrons. The number of halogens is 2. The summed E-state index contributed by atoms with van der Waals surface area (Å²) >= 11 is 11.7. The van der Waals surface area contributed by atoms with Crippen LogP contribution in [0, 0.1) is 22.7 Å². The van der Waals surface area contributed by atoms with Gasteiger partial charge in [0, 0.05) is 6.20 Å². The van der Waals surface area contributed by atoms with E-state index in [1.165, 1.54) is 18.3 Å². The zero-order chi connectivity index (χ0) is 14.5. The molecule has 0 unspecified atom stereocenters. The van der Waals surface area contributed by atoms with Gasteiger partial charge in [0.15, 0.2) is 0 Å². The fraction of sp³-hybridized carbons (Fsp3) is 0. The number of nitrogens with one attached hydrogen (secondary N) is 2. The maximum absolute atomic E-state index is 9.02. The average molecular weight is 306 g/mol. The minimum atomic E-state index is 0.138. The summed E-state index contributed by atoms with van der Waals surface area (Å²) in [4.78, 5) is 0. The number of aromatic nitrogens is 4. The fourth-order valence-corrected chi connectivity index (χ4v) is 1.66. The predicted octanol–water partition coefficient (Wildman–Crippen LogP) is 2.35. The number of anilines is 1. The molecule has 0 spiro atoms. The highest BCUT2D eigenvalue weighted by Gasteiger charge is 2.09. The molecule has 1 heterocycles. The molecule has 98 valence electrons. The summed E-state index contributed by atoms with van der Waals surface area (Å²) in [5.74, 6) is 0.138. The van der Waals surface area contributed by atoms with Crippen molar-refractivity contribution in [3.63, 3.8) is 0 Å². The zero-order valence-electron chi connectivity index (χ0n) is 9.72. The molecule has 0 aliphatic carbocycles. The minimum absolute atomic E-state index is 0.138. The molecule has 1 aromatic carbocycles. The molecule has 1 aromatic heterocycles. The number of tetrazole rings is 1. The second kappa shape index (κ2) is 6.02. The van der Waals surface area contributed by atoms with Gasteiger partial charge in [0.2, 0.25) is 5.82 Å². The standard InChI is InChI=1S/C11H5Cl2N7/c12-8-1-6(3-14)10(2-9(8)13)16-5-7(4-15)11-17-19-20-18-11/h1-2,5,16H,(H,17,18,19,20). The van der Waals surface area contributed by atoms with Crippen molar-refractivity contribution >= 4 is 34.5 Å². The second-order valence-corrected chi connectivity index (χ2v) is 4.29. The topological polar surface area (TPSA) is 114 Å². The Bertz CT molecular complexity index is 737. The van der Waals surface area contributed by atoms with Gasteiger partial charge in [-0.3, -0.25) is 0 Å². The molecule has 7 nitrogen and oxygen atoms in total. The molecule has 2 rings (SSSR count). The van der Waals surface area contributed by atoms with Gasteiger partial charge in [0.1, 0.15) is 17.7 Å². The number of rotatable bonds is 3. The largest absolute Gasteiger partial charge is 0.359 e. The highest BCUT2D eigenvalue weighted by Crippen LogP contribution is 2.29. The van der Waals surface area contributed by atoms with Crippen LogP contribution in [0.1, 0.15) is 11.4 Å². The Morgan fingerprint density at radius 1 is 1.30 bits per heavy atom. The van der Waals surface area contributed by atoms with E-state index in [-0.39, 0.29) is 16.4 Å². The Morgan fingerprint density at radius 3 is 2.65 bits per heavy atom. The summed E-state index contributed by atoms with van der Waals surface area (Å²) in [7, 11) is 0. The molecule has 0 aliphatic rings. The average Bonchev–Trinajstić information content (AvgIpc) is 2.97. The van der Waals surface area contributed by atoms with E-state index in [4.69, 9.17) is 33.7 Å². The van der Waals surface area contributed by atoms with Gasteiger partial charge in [0.05, 0.1) is 21.3 Å². The molecule has 9 heteroatoms. The minimum Gasteiger partial charge on any atom is -0.359 e. The van der Waals surface area contributed by atoms with Crippen LogP contribution in [0.15, 0.2) is 18.3 Å². The molecule has 2 N–H and O–H groups in total. The quantitative estimate of drug-likeness (QED) is 0.841. The van der Waals surface area contributed by atoms with Gasteiger partial charge in [-0.1, -0.05) is 23.2 Å². The molecule has 0 aliphatic heterocycles. The van der Waals surface area contributed by atoms with Crippen LogP contribution in [0.25, 0.3) is 5.57 Å². The number of allylic oxidation sites excluding steroid dienone is 1. The highest BCUT2D eigenvalue weighted by atomic mass is 35.5. The van der Waals surface area contributed by atoms with E-state index in [2.05, 4.69) is 25.9 Å². The third-order valence-electron chi connectivity index (χ3n) is 2.26. The van der Waals surface area contributed by atoms with Crippen molar-refractivity contribution in [3.8, 4) is 12.1 Å². The van der Waals surface area contributed by atoms with E-state index in [9.17, 15) is 0 Å². The van der Waals surface area contributed by atoms with E-state index in [0.717, 1.165) is 0 Å². The maximum atomic E-state index is 9.02. The van der Waals surface area contributed by atoms with Gasteiger partial charge in [-0.05, 0) is 17.3 Å².